The van der Waals surface area contributed by atoms with Crippen molar-refractivity contribution in [1.82, 2.24) is 9.80 Å². The molecule has 0 bridgehead atoms. The number of amides is 2. The number of hydrogen-bond acceptors (Lipinski definition) is 3. The number of piperidine rings is 1. The van der Waals surface area contributed by atoms with Gasteiger partial charge in [-0.3, -0.25) is 4.79 Å². The van der Waals surface area contributed by atoms with Gasteiger partial charge in [-0.15, -0.1) is 0 Å². The zero-order chi connectivity index (χ0) is 15.3. The molecule has 0 aromatic carbocycles. The van der Waals surface area contributed by atoms with Gasteiger partial charge in [-0.1, -0.05) is 0 Å². The third-order valence-corrected chi connectivity index (χ3v) is 3.53. The minimum absolute atomic E-state index is 0.194. The lowest BCUT2D eigenvalue weighted by atomic mass is 9.99. The number of carboxylic acids is 1. The molecule has 116 valence electrons. The molecule has 1 unspecified atom stereocenters. The monoisotopic (exact) mass is 286 g/mol. The van der Waals surface area contributed by atoms with Gasteiger partial charge in [0.2, 0.25) is 0 Å². The van der Waals surface area contributed by atoms with E-state index in [-0.39, 0.29) is 12.6 Å². The second-order valence-corrected chi connectivity index (χ2v) is 6.34. The first kappa shape index (κ1) is 16.8. The number of methoxy groups -OCH3 is 1. The molecule has 0 aromatic rings. The van der Waals surface area contributed by atoms with Gasteiger partial charge in [0.1, 0.15) is 6.54 Å². The number of aliphatic carboxylic acids is 1. The quantitative estimate of drug-likeness (QED) is 0.853. The molecule has 0 aromatic heterocycles. The van der Waals surface area contributed by atoms with Gasteiger partial charge in [0, 0.05) is 31.7 Å². The molecule has 6 heteroatoms. The van der Waals surface area contributed by atoms with Crippen LogP contribution in [0.3, 0.4) is 0 Å². The Hall–Kier alpha value is -1.30. The average Bonchev–Trinajstić information content (AvgIpc) is 2.34. The third kappa shape index (κ3) is 4.67. The van der Waals surface area contributed by atoms with Crippen molar-refractivity contribution in [3.05, 3.63) is 0 Å². The van der Waals surface area contributed by atoms with Crippen molar-refractivity contribution in [3.8, 4) is 0 Å². The zero-order valence-electron chi connectivity index (χ0n) is 12.9. The second-order valence-electron chi connectivity index (χ2n) is 6.34. The van der Waals surface area contributed by atoms with Crippen molar-refractivity contribution in [1.29, 1.82) is 0 Å². The van der Waals surface area contributed by atoms with Crippen LogP contribution < -0.4 is 0 Å². The Balaban J connectivity index is 2.75. The van der Waals surface area contributed by atoms with Crippen LogP contribution in [0.25, 0.3) is 0 Å². The number of likely N-dealkylation sites (tertiary alicyclic amines) is 1. The molecular weight excluding hydrogens is 260 g/mol. The number of carbonyl (C=O) groups excluding carboxylic acids is 1. The molecule has 0 spiro atoms. The smallest absolute Gasteiger partial charge is 0.323 e. The highest BCUT2D eigenvalue weighted by Gasteiger charge is 2.33. The lowest BCUT2D eigenvalue weighted by Gasteiger charge is -2.41. The van der Waals surface area contributed by atoms with Crippen molar-refractivity contribution >= 4 is 12.0 Å². The van der Waals surface area contributed by atoms with Crippen molar-refractivity contribution in [2.24, 2.45) is 5.92 Å². The lowest BCUT2D eigenvalue weighted by molar-refractivity contribution is -0.138. The van der Waals surface area contributed by atoms with E-state index in [1.807, 2.05) is 20.8 Å². The normalized spacial score (nSPS) is 19.8. The number of hydrogen-bond donors (Lipinski definition) is 1. The van der Waals surface area contributed by atoms with E-state index in [9.17, 15) is 9.59 Å². The standard InChI is InChI=1S/C14H26N2O4/c1-14(2,3)16(9-12(17)18)13(19)15-7-5-6-11(8-15)10-20-4/h11H,5-10H2,1-4H3,(H,17,18). The van der Waals surface area contributed by atoms with Crippen LogP contribution in [0.5, 0.6) is 0 Å². The van der Waals surface area contributed by atoms with E-state index >= 15 is 0 Å². The maximum atomic E-state index is 12.6. The first-order chi connectivity index (χ1) is 9.25. The summed E-state index contributed by atoms with van der Waals surface area (Å²) in [5.74, 6) is -0.650. The van der Waals surface area contributed by atoms with E-state index in [1.54, 1.807) is 12.0 Å². The van der Waals surface area contributed by atoms with E-state index in [1.165, 1.54) is 4.90 Å². The second kappa shape index (κ2) is 6.92. The topological polar surface area (TPSA) is 70.1 Å². The average molecular weight is 286 g/mol. The summed E-state index contributed by atoms with van der Waals surface area (Å²) in [7, 11) is 1.66. The highest BCUT2D eigenvalue weighted by molar-refractivity contribution is 5.81. The molecule has 0 radical (unpaired) electrons. The molecule has 20 heavy (non-hydrogen) atoms. The van der Waals surface area contributed by atoms with Gasteiger partial charge in [-0.25, -0.2) is 4.79 Å². The fourth-order valence-corrected chi connectivity index (χ4v) is 2.51. The van der Waals surface area contributed by atoms with Crippen LogP contribution in [0.2, 0.25) is 0 Å². The van der Waals surface area contributed by atoms with Crippen LogP contribution in [0.4, 0.5) is 4.79 Å². The van der Waals surface area contributed by atoms with Gasteiger partial charge in [0.05, 0.1) is 6.61 Å². The summed E-state index contributed by atoms with van der Waals surface area (Å²) < 4.78 is 5.16. The molecule has 6 nitrogen and oxygen atoms in total. The molecule has 1 aliphatic heterocycles. The van der Waals surface area contributed by atoms with Crippen LogP contribution in [0.15, 0.2) is 0 Å². The zero-order valence-corrected chi connectivity index (χ0v) is 12.9. The number of rotatable bonds is 4. The summed E-state index contributed by atoms with van der Waals surface area (Å²) in [6.45, 7) is 7.25. The van der Waals surface area contributed by atoms with E-state index in [0.717, 1.165) is 12.8 Å². The Morgan fingerprint density at radius 2 is 2.05 bits per heavy atom. The fraction of sp³-hybridized carbons (Fsp3) is 0.857. The summed E-state index contributed by atoms with van der Waals surface area (Å²) in [5.41, 5.74) is -0.510. The summed E-state index contributed by atoms with van der Waals surface area (Å²) in [6.07, 6.45) is 1.98. The predicted octanol–water partition coefficient (Wildman–Crippen LogP) is 1.65. The third-order valence-electron chi connectivity index (χ3n) is 3.53. The molecule has 2 amide bonds. The number of ether oxygens (including phenoxy) is 1. The van der Waals surface area contributed by atoms with Gasteiger partial charge in [-0.05, 0) is 33.6 Å². The van der Waals surface area contributed by atoms with Crippen molar-refractivity contribution < 1.29 is 19.4 Å². The molecule has 1 fully saturated rings. The highest BCUT2D eigenvalue weighted by atomic mass is 16.5. The SMILES string of the molecule is COCC1CCCN(C(=O)N(CC(=O)O)C(C)(C)C)C1. The number of nitrogens with zero attached hydrogens (tertiary/aromatic N) is 2. The van der Waals surface area contributed by atoms with Gasteiger partial charge in [0.25, 0.3) is 0 Å². The summed E-state index contributed by atoms with van der Waals surface area (Å²) in [5, 5.41) is 9.00. The Morgan fingerprint density at radius 3 is 2.55 bits per heavy atom. The molecule has 1 saturated heterocycles. The Kier molecular flexibility index (Phi) is 5.80. The number of carboxylic acid groups (broad SMARTS) is 1. The van der Waals surface area contributed by atoms with Crippen LogP contribution in [0, 0.1) is 5.92 Å². The van der Waals surface area contributed by atoms with E-state index in [2.05, 4.69) is 0 Å². The minimum Gasteiger partial charge on any atom is -0.480 e. The van der Waals surface area contributed by atoms with Gasteiger partial charge in [-0.2, -0.15) is 0 Å². The molecule has 1 heterocycles. The van der Waals surface area contributed by atoms with Gasteiger partial charge >= 0.3 is 12.0 Å². The number of urea groups is 1. The molecule has 1 rings (SSSR count). The molecule has 1 aliphatic rings. The first-order valence-corrected chi connectivity index (χ1v) is 7.03. The minimum atomic E-state index is -0.987. The summed E-state index contributed by atoms with van der Waals surface area (Å²) >= 11 is 0. The Labute approximate surface area is 120 Å². The van der Waals surface area contributed by atoms with E-state index in [0.29, 0.717) is 25.6 Å². The van der Waals surface area contributed by atoms with Crippen molar-refractivity contribution in [3.63, 3.8) is 0 Å². The summed E-state index contributed by atoms with van der Waals surface area (Å²) in [4.78, 5) is 26.7. The van der Waals surface area contributed by atoms with Gasteiger partial charge in [0.15, 0.2) is 0 Å². The fourth-order valence-electron chi connectivity index (χ4n) is 2.51. The summed E-state index contributed by atoms with van der Waals surface area (Å²) in [6, 6.07) is -0.194. The number of carbonyl (C=O) groups is 2. The van der Waals surface area contributed by atoms with Crippen LogP contribution in [0.1, 0.15) is 33.6 Å². The predicted molar refractivity (Wildman–Crippen MR) is 75.7 cm³/mol. The van der Waals surface area contributed by atoms with Gasteiger partial charge < -0.3 is 19.6 Å². The highest BCUT2D eigenvalue weighted by Crippen LogP contribution is 2.21. The van der Waals surface area contributed by atoms with E-state index < -0.39 is 11.5 Å². The van der Waals surface area contributed by atoms with Crippen LogP contribution in [-0.4, -0.2) is 65.8 Å². The maximum absolute atomic E-state index is 12.6. The first-order valence-electron chi connectivity index (χ1n) is 7.03. The maximum Gasteiger partial charge on any atom is 0.323 e. The Morgan fingerprint density at radius 1 is 1.40 bits per heavy atom. The Bertz CT molecular complexity index is 350. The van der Waals surface area contributed by atoms with Crippen molar-refractivity contribution in [2.45, 2.75) is 39.2 Å². The molecule has 1 atom stereocenters. The van der Waals surface area contributed by atoms with Crippen LogP contribution in [-0.2, 0) is 9.53 Å². The van der Waals surface area contributed by atoms with Crippen LogP contribution >= 0.6 is 0 Å². The van der Waals surface area contributed by atoms with Crippen molar-refractivity contribution in [2.75, 3.05) is 33.4 Å². The molecule has 1 N–H and O–H groups in total. The molecule has 0 aliphatic carbocycles. The molecular formula is C14H26N2O4. The molecule has 0 saturated carbocycles. The lowest BCUT2D eigenvalue weighted by Crippen LogP contribution is -2.55. The van der Waals surface area contributed by atoms with E-state index in [4.69, 9.17) is 9.84 Å². The largest absolute Gasteiger partial charge is 0.480 e.